The first-order valence-electron chi connectivity index (χ1n) is 38.5. The van der Waals surface area contributed by atoms with Crippen LogP contribution >= 0.6 is 11.3 Å². The van der Waals surface area contributed by atoms with Gasteiger partial charge in [0.15, 0.2) is 0 Å². The number of rotatable bonds is 13. The van der Waals surface area contributed by atoms with Crippen molar-refractivity contribution in [2.75, 3.05) is 0 Å². The first-order chi connectivity index (χ1) is 51.0. The van der Waals surface area contributed by atoms with E-state index in [-0.39, 0.29) is 5.92 Å². The van der Waals surface area contributed by atoms with Crippen LogP contribution in [0, 0.1) is 23.7 Å². The van der Waals surface area contributed by atoms with E-state index < -0.39 is 16.1 Å². The summed E-state index contributed by atoms with van der Waals surface area (Å²) in [5.41, 5.74) is 15.5. The zero-order chi connectivity index (χ0) is 68.2. The van der Waals surface area contributed by atoms with Gasteiger partial charge in [-0.25, -0.2) is 0 Å². The molecule has 0 aliphatic heterocycles. The van der Waals surface area contributed by atoms with Crippen molar-refractivity contribution in [3.8, 4) is 16.8 Å². The van der Waals surface area contributed by atoms with E-state index in [0.29, 0.717) is 34.4 Å². The summed E-state index contributed by atoms with van der Waals surface area (Å²) in [5.74, 6) is 2.60. The predicted octanol–water partition coefficient (Wildman–Crippen LogP) is 21.2. The molecule has 0 bridgehead atoms. The number of hydrogen-bond acceptors (Lipinski definition) is 2. The molecule has 7 atom stereocenters. The summed E-state index contributed by atoms with van der Waals surface area (Å²) in [5, 5.41) is 17.7. The van der Waals surface area contributed by atoms with Crippen molar-refractivity contribution in [3.05, 3.63) is 330 Å². The summed E-state index contributed by atoms with van der Waals surface area (Å²) in [4.78, 5) is 0. The fraction of sp³-hybridized carbons (Fsp3) is 0.196. The summed E-state index contributed by atoms with van der Waals surface area (Å²) in [6, 6.07) is 82.2. The topological polar surface area (TPSA) is 23.0 Å². The fourth-order valence-corrected chi connectivity index (χ4v) is 37.1. The molecular formula is C97H86N2OSSi2-2. The molecule has 6 heteroatoms. The third-order valence-electron chi connectivity index (χ3n) is 26.1. The molecule has 13 aromatic rings. The number of nitrogens with zero attached hydrogens (tertiary/aromatic N) is 2. The molecule has 506 valence electrons. The summed E-state index contributed by atoms with van der Waals surface area (Å²) in [6.07, 6.45) is 54.8. The molecule has 3 nitrogen and oxygen atoms in total. The summed E-state index contributed by atoms with van der Waals surface area (Å²) in [7, 11) is -6.35. The van der Waals surface area contributed by atoms with E-state index in [2.05, 4.69) is 332 Å². The van der Waals surface area contributed by atoms with Gasteiger partial charge in [-0.15, -0.1) is 0 Å². The molecular weight excluding hydrogens is 1300 g/mol. The number of aromatic nitrogens is 2. The van der Waals surface area contributed by atoms with Crippen LogP contribution in [0.15, 0.2) is 313 Å². The van der Waals surface area contributed by atoms with Crippen LogP contribution in [0.4, 0.5) is 0 Å². The molecule has 9 aromatic carbocycles. The normalized spacial score (nSPS) is 22.1. The van der Waals surface area contributed by atoms with Crippen LogP contribution in [0.1, 0.15) is 82.5 Å². The zero-order valence-corrected chi connectivity index (χ0v) is 61.8. The van der Waals surface area contributed by atoms with Crippen LogP contribution in [0.2, 0.25) is 16.6 Å². The molecule has 7 aliphatic rings. The quantitative estimate of drug-likeness (QED) is 0.0833. The SMILES string of the molecule is CC1C=C([SiH-](c2ccc(-c3ccc4c(c3)sc3ccccc34)cc2)(c2cccc3c2c2ccccc2n3C2=CCC(C3C=Cc4oc5c(c4C3)=CCC(C3=CCC([SiH-](c4ccccc4)(c4cccc6c4c4ccccc4n6-c4ccccc4)C4CC=CCC4)C=C3)C=5)C=C2)C2C=CC=CC2)CCC1. The van der Waals surface area contributed by atoms with Gasteiger partial charge in [0.05, 0.1) is 0 Å². The van der Waals surface area contributed by atoms with Crippen molar-refractivity contribution in [2.45, 2.75) is 94.2 Å². The van der Waals surface area contributed by atoms with E-state index in [0.717, 1.165) is 62.5 Å². The predicted molar refractivity (Wildman–Crippen MR) is 447 cm³/mol. The Morgan fingerprint density at radius 2 is 1.20 bits per heavy atom. The van der Waals surface area contributed by atoms with E-state index in [4.69, 9.17) is 4.42 Å². The van der Waals surface area contributed by atoms with Crippen molar-refractivity contribution in [1.29, 1.82) is 0 Å². The van der Waals surface area contributed by atoms with Gasteiger partial charge >= 0.3 is 614 Å². The second-order valence-electron chi connectivity index (χ2n) is 31.2. The standard InChI is InChI=1S/C97H86N2OSSi2/c1-65-23-20-32-79(61-65)103(76-30-12-5-13-31-76,78-56-47-68(48-57-78)71-50-59-82-81-33-16-19-40-92(81)101-93(82)64-71)95-42-22-39-89-97(95)84-35-15-18-37-87(84)99(89)73-52-43-66(44-53-73)69-51-60-90-85(62-69)80-58-49-70(63-91(80)100-90)67-45-54-77(55-46-67)102(74-26-8-3-9-27-74,75-28-10-4-11-29-75)94-41-21-38-88-96(94)83-34-14-17-36-86(83)98(88)72-24-6-2-7-25-72/h2-10,12-19,21-22,24-27,30,33-43,45-48,50-54,56-61,63-66,69-70,75-77,102-103H,11,20,23,28-29,31-32,44,49,55,62H2,1H3/q-2. The number of furan rings is 1. The first kappa shape index (κ1) is 62.7. The minimum atomic E-state index is -3.26. The second-order valence-corrected chi connectivity index (χ2v) is 42.1. The molecule has 0 radical (unpaired) electrons. The van der Waals surface area contributed by atoms with Crippen molar-refractivity contribution in [3.63, 3.8) is 0 Å². The molecule has 4 aromatic heterocycles. The van der Waals surface area contributed by atoms with E-state index in [1.165, 1.54) is 122 Å². The third-order valence-corrected chi connectivity index (χ3v) is 40.5. The molecule has 0 saturated carbocycles. The molecule has 0 amide bonds. The van der Waals surface area contributed by atoms with Crippen LogP contribution in [0.25, 0.3) is 105 Å². The van der Waals surface area contributed by atoms with Gasteiger partial charge in [0.25, 0.3) is 0 Å². The molecule has 4 heterocycles. The van der Waals surface area contributed by atoms with Crippen LogP contribution < -0.4 is 31.4 Å². The van der Waals surface area contributed by atoms with Gasteiger partial charge in [-0.05, 0) is 0 Å². The van der Waals surface area contributed by atoms with Gasteiger partial charge in [-0.3, -0.25) is 0 Å². The van der Waals surface area contributed by atoms with Gasteiger partial charge in [-0.2, -0.15) is 0 Å². The van der Waals surface area contributed by atoms with Gasteiger partial charge in [0.2, 0.25) is 0 Å². The molecule has 20 rings (SSSR count). The van der Waals surface area contributed by atoms with Crippen LogP contribution in [0.3, 0.4) is 0 Å². The van der Waals surface area contributed by atoms with Crippen LogP contribution in [0.5, 0.6) is 0 Å². The molecule has 0 spiro atoms. The molecule has 0 saturated heterocycles. The minimum absolute atomic E-state index is 0.264. The van der Waals surface area contributed by atoms with Gasteiger partial charge < -0.3 is 0 Å². The number of para-hydroxylation sites is 3. The Labute approximate surface area is 610 Å². The Kier molecular flexibility index (Phi) is 15.6. The number of hydrogen-bond donors (Lipinski definition) is 0. The van der Waals surface area contributed by atoms with E-state index >= 15 is 0 Å². The third kappa shape index (κ3) is 10.2. The fourth-order valence-electron chi connectivity index (χ4n) is 21.5. The van der Waals surface area contributed by atoms with Crippen molar-refractivity contribution >= 4 is 136 Å². The Morgan fingerprint density at radius 3 is 1.96 bits per heavy atom. The van der Waals surface area contributed by atoms with E-state index in [1.54, 1.807) is 25.9 Å². The van der Waals surface area contributed by atoms with E-state index in [1.807, 2.05) is 11.3 Å². The molecule has 0 fully saturated rings. The Hall–Kier alpha value is -10.1. The van der Waals surface area contributed by atoms with Crippen molar-refractivity contribution in [1.82, 2.24) is 9.13 Å². The van der Waals surface area contributed by atoms with Gasteiger partial charge in [0, 0.05) is 0 Å². The van der Waals surface area contributed by atoms with Gasteiger partial charge in [0.1, 0.15) is 0 Å². The molecule has 103 heavy (non-hydrogen) atoms. The summed E-state index contributed by atoms with van der Waals surface area (Å²) in [6.45, 7) is 2.47. The zero-order valence-electron chi connectivity index (χ0n) is 58.7. The summed E-state index contributed by atoms with van der Waals surface area (Å²) < 4.78 is 14.8. The number of thiophene rings is 1. The Morgan fingerprint density at radius 1 is 0.485 bits per heavy atom. The number of benzene rings is 9. The van der Waals surface area contributed by atoms with Crippen LogP contribution in [-0.4, -0.2) is 25.3 Å². The van der Waals surface area contributed by atoms with Crippen molar-refractivity contribution in [2.24, 2.45) is 23.7 Å². The summed E-state index contributed by atoms with van der Waals surface area (Å²) >= 11 is 1.91. The first-order valence-corrected chi connectivity index (χ1v) is 44.2. The maximum absolute atomic E-state index is 6.94. The molecule has 7 unspecified atom stereocenters. The van der Waals surface area contributed by atoms with Crippen molar-refractivity contribution < 1.29 is 4.42 Å². The molecule has 0 N–H and O–H groups in total. The number of allylic oxidation sites excluding steroid dienone is 17. The van der Waals surface area contributed by atoms with Crippen LogP contribution in [-0.2, 0) is 6.42 Å². The van der Waals surface area contributed by atoms with Gasteiger partial charge in [-0.1, -0.05) is 0 Å². The average Bonchev–Trinajstić information content (AvgIpc) is 1.67. The monoisotopic (exact) mass is 1380 g/mol. The maximum atomic E-state index is 6.94. The Balaban J connectivity index is 0.602. The molecule has 7 aliphatic carbocycles. The van der Waals surface area contributed by atoms with E-state index in [9.17, 15) is 0 Å². The number of fused-ring (bicyclic) bond motifs is 12. The Bertz CT molecular complexity index is 6000. The second kappa shape index (κ2) is 25.7. The average molecular weight is 1380 g/mol.